The van der Waals surface area contributed by atoms with Crippen LogP contribution >= 0.6 is 11.3 Å². The van der Waals surface area contributed by atoms with Gasteiger partial charge in [0.2, 0.25) is 5.91 Å². The maximum absolute atomic E-state index is 12.1. The number of benzene rings is 1. The first-order chi connectivity index (χ1) is 9.56. The average Bonchev–Trinajstić information content (AvgIpc) is 2.85. The molecule has 1 amide bonds. The average molecular weight is 290 g/mol. The van der Waals surface area contributed by atoms with Gasteiger partial charge in [-0.05, 0) is 12.5 Å². The van der Waals surface area contributed by atoms with E-state index in [1.807, 2.05) is 37.3 Å². The van der Waals surface area contributed by atoms with Crippen LogP contribution in [0.5, 0.6) is 0 Å². The van der Waals surface area contributed by atoms with E-state index in [9.17, 15) is 9.59 Å². The molecule has 2 N–H and O–H groups in total. The molecular weight excluding hydrogens is 276 g/mol. The highest BCUT2D eigenvalue weighted by Gasteiger charge is 2.16. The summed E-state index contributed by atoms with van der Waals surface area (Å²) in [6.45, 7) is 1.82. The number of rotatable bonds is 5. The van der Waals surface area contributed by atoms with Gasteiger partial charge in [-0.15, -0.1) is 11.3 Å². The van der Waals surface area contributed by atoms with Crippen molar-refractivity contribution in [3.05, 3.63) is 47.0 Å². The molecular formula is C14H14N2O3S. The van der Waals surface area contributed by atoms with Crippen molar-refractivity contribution in [2.75, 3.05) is 5.32 Å². The highest BCUT2D eigenvalue weighted by Crippen LogP contribution is 2.20. The second-order valence-electron chi connectivity index (χ2n) is 4.34. The fourth-order valence-corrected chi connectivity index (χ4v) is 2.42. The highest BCUT2D eigenvalue weighted by molar-refractivity contribution is 7.13. The van der Waals surface area contributed by atoms with Gasteiger partial charge in [-0.2, -0.15) is 0 Å². The number of anilines is 1. The van der Waals surface area contributed by atoms with E-state index in [4.69, 9.17) is 5.11 Å². The normalized spacial score (nSPS) is 11.8. The lowest BCUT2D eigenvalue weighted by atomic mass is 10.0. The summed E-state index contributed by atoms with van der Waals surface area (Å²) < 4.78 is 0. The van der Waals surface area contributed by atoms with Crippen LogP contribution in [-0.4, -0.2) is 22.0 Å². The van der Waals surface area contributed by atoms with Gasteiger partial charge >= 0.3 is 5.97 Å². The summed E-state index contributed by atoms with van der Waals surface area (Å²) in [5.41, 5.74) is 1.37. The molecule has 0 saturated carbocycles. The third-order valence-electron chi connectivity index (χ3n) is 2.81. The number of hydrogen-bond donors (Lipinski definition) is 2. The van der Waals surface area contributed by atoms with Crippen LogP contribution in [0.25, 0.3) is 0 Å². The Morgan fingerprint density at radius 1 is 1.35 bits per heavy atom. The Morgan fingerprint density at radius 3 is 2.70 bits per heavy atom. The summed E-state index contributed by atoms with van der Waals surface area (Å²) in [6, 6.07) is 9.44. The predicted molar refractivity (Wildman–Crippen MR) is 76.9 cm³/mol. The van der Waals surface area contributed by atoms with Gasteiger partial charge in [-0.3, -0.25) is 9.59 Å². The molecule has 1 heterocycles. The quantitative estimate of drug-likeness (QED) is 0.886. The van der Waals surface area contributed by atoms with Gasteiger partial charge < -0.3 is 10.4 Å². The molecule has 0 spiro atoms. The maximum Gasteiger partial charge on any atom is 0.309 e. The second-order valence-corrected chi connectivity index (χ2v) is 5.19. The second kappa shape index (κ2) is 6.29. The van der Waals surface area contributed by atoms with E-state index in [0.29, 0.717) is 10.8 Å². The van der Waals surface area contributed by atoms with Crippen LogP contribution in [0.4, 0.5) is 5.13 Å². The predicted octanol–water partition coefficient (Wildman–Crippen LogP) is 2.51. The lowest BCUT2D eigenvalue weighted by molar-refractivity contribution is -0.136. The minimum Gasteiger partial charge on any atom is -0.481 e. The van der Waals surface area contributed by atoms with Gasteiger partial charge in [0.1, 0.15) is 0 Å². The highest BCUT2D eigenvalue weighted by atomic mass is 32.1. The molecule has 0 aliphatic heterocycles. The number of nitrogens with one attached hydrogen (secondary N) is 1. The molecule has 0 fully saturated rings. The van der Waals surface area contributed by atoms with Crippen molar-refractivity contribution < 1.29 is 14.7 Å². The minimum absolute atomic E-state index is 0.138. The standard InChI is InChI=1S/C14H14N2O3S/c1-9(10-5-3-2-4-6-10)13(19)16-14-15-11(8-20-14)7-12(17)18/h2-6,8-9H,7H2,1H3,(H,17,18)(H,15,16,19). The molecule has 0 aliphatic rings. The number of aliphatic carboxylic acids is 1. The van der Waals surface area contributed by atoms with Crippen LogP contribution in [0.2, 0.25) is 0 Å². The first-order valence-electron chi connectivity index (χ1n) is 6.08. The van der Waals surface area contributed by atoms with Crippen molar-refractivity contribution in [3.8, 4) is 0 Å². The van der Waals surface area contributed by atoms with E-state index in [1.165, 1.54) is 11.3 Å². The Kier molecular flexibility index (Phi) is 4.47. The molecule has 5 nitrogen and oxygen atoms in total. The number of carbonyl (C=O) groups is 2. The monoisotopic (exact) mass is 290 g/mol. The van der Waals surface area contributed by atoms with Crippen molar-refractivity contribution >= 4 is 28.3 Å². The number of nitrogens with zero attached hydrogens (tertiary/aromatic N) is 1. The number of carboxylic acids is 1. The van der Waals surface area contributed by atoms with E-state index in [0.717, 1.165) is 5.56 Å². The van der Waals surface area contributed by atoms with E-state index in [-0.39, 0.29) is 18.2 Å². The Labute approximate surface area is 120 Å². The lowest BCUT2D eigenvalue weighted by Crippen LogP contribution is -2.18. The van der Waals surface area contributed by atoms with Crippen molar-refractivity contribution in [1.29, 1.82) is 0 Å². The fraction of sp³-hybridized carbons (Fsp3) is 0.214. The Bertz CT molecular complexity index is 610. The summed E-state index contributed by atoms with van der Waals surface area (Å²) in [7, 11) is 0. The topological polar surface area (TPSA) is 79.3 Å². The van der Waals surface area contributed by atoms with Crippen LogP contribution in [0.3, 0.4) is 0 Å². The summed E-state index contributed by atoms with van der Waals surface area (Å²) in [4.78, 5) is 26.7. The van der Waals surface area contributed by atoms with E-state index in [2.05, 4.69) is 10.3 Å². The summed E-state index contributed by atoms with van der Waals surface area (Å²) in [5, 5.41) is 13.4. The fourth-order valence-electron chi connectivity index (χ4n) is 1.71. The molecule has 1 unspecified atom stereocenters. The first-order valence-corrected chi connectivity index (χ1v) is 6.96. The third-order valence-corrected chi connectivity index (χ3v) is 3.61. The molecule has 0 bridgehead atoms. The zero-order valence-electron chi connectivity index (χ0n) is 10.9. The van der Waals surface area contributed by atoms with E-state index < -0.39 is 5.97 Å². The van der Waals surface area contributed by atoms with Crippen molar-refractivity contribution in [1.82, 2.24) is 4.98 Å². The van der Waals surface area contributed by atoms with Crippen LogP contribution < -0.4 is 5.32 Å². The van der Waals surface area contributed by atoms with Gasteiger partial charge in [0.05, 0.1) is 18.0 Å². The Balaban J connectivity index is 2.01. The number of carbonyl (C=O) groups excluding carboxylic acids is 1. The lowest BCUT2D eigenvalue weighted by Gasteiger charge is -2.10. The molecule has 0 radical (unpaired) electrons. The molecule has 0 aliphatic carbocycles. The number of amides is 1. The van der Waals surface area contributed by atoms with Crippen LogP contribution in [0.15, 0.2) is 35.7 Å². The third kappa shape index (κ3) is 3.64. The van der Waals surface area contributed by atoms with Crippen LogP contribution in [-0.2, 0) is 16.0 Å². The molecule has 6 heteroatoms. The summed E-state index contributed by atoms with van der Waals surface area (Å²) in [6.07, 6.45) is -0.138. The zero-order valence-corrected chi connectivity index (χ0v) is 11.7. The smallest absolute Gasteiger partial charge is 0.309 e. The summed E-state index contributed by atoms with van der Waals surface area (Å²) >= 11 is 1.23. The minimum atomic E-state index is -0.939. The number of thiazole rings is 1. The zero-order chi connectivity index (χ0) is 14.5. The largest absolute Gasteiger partial charge is 0.481 e. The van der Waals surface area contributed by atoms with Gasteiger partial charge in [-0.25, -0.2) is 4.98 Å². The number of hydrogen-bond acceptors (Lipinski definition) is 4. The molecule has 0 saturated heterocycles. The molecule has 1 atom stereocenters. The van der Waals surface area contributed by atoms with Gasteiger partial charge in [0, 0.05) is 5.38 Å². The van der Waals surface area contributed by atoms with Crippen molar-refractivity contribution in [3.63, 3.8) is 0 Å². The molecule has 1 aromatic heterocycles. The summed E-state index contributed by atoms with van der Waals surface area (Å²) in [5.74, 6) is -1.39. The molecule has 1 aromatic carbocycles. The number of carboxylic acid groups (broad SMARTS) is 1. The Morgan fingerprint density at radius 2 is 2.05 bits per heavy atom. The number of aromatic nitrogens is 1. The van der Waals surface area contributed by atoms with Gasteiger partial charge in [0.25, 0.3) is 0 Å². The van der Waals surface area contributed by atoms with Crippen molar-refractivity contribution in [2.24, 2.45) is 0 Å². The van der Waals surface area contributed by atoms with E-state index in [1.54, 1.807) is 5.38 Å². The molecule has 2 rings (SSSR count). The van der Waals surface area contributed by atoms with Crippen LogP contribution in [0, 0.1) is 0 Å². The Hall–Kier alpha value is -2.21. The van der Waals surface area contributed by atoms with Crippen molar-refractivity contribution in [2.45, 2.75) is 19.3 Å². The first kappa shape index (κ1) is 14.2. The van der Waals surface area contributed by atoms with Crippen LogP contribution in [0.1, 0.15) is 24.1 Å². The SMILES string of the molecule is CC(C(=O)Nc1nc(CC(=O)O)cs1)c1ccccc1. The maximum atomic E-state index is 12.1. The van der Waals surface area contributed by atoms with Gasteiger partial charge in [0.15, 0.2) is 5.13 Å². The molecule has 2 aromatic rings. The van der Waals surface area contributed by atoms with E-state index >= 15 is 0 Å². The molecule has 20 heavy (non-hydrogen) atoms. The van der Waals surface area contributed by atoms with Gasteiger partial charge in [-0.1, -0.05) is 30.3 Å². The molecule has 104 valence electrons.